The lowest BCUT2D eigenvalue weighted by molar-refractivity contribution is 1.08. The third-order valence-corrected chi connectivity index (χ3v) is 3.37. The maximum atomic E-state index is 6.17. The van der Waals surface area contributed by atoms with Crippen LogP contribution in [0, 0.1) is 0 Å². The van der Waals surface area contributed by atoms with Gasteiger partial charge in [-0.1, -0.05) is 24.3 Å². The summed E-state index contributed by atoms with van der Waals surface area (Å²) < 4.78 is 1.83. The van der Waals surface area contributed by atoms with Gasteiger partial charge >= 0.3 is 0 Å². The first-order chi connectivity index (χ1) is 9.83. The van der Waals surface area contributed by atoms with Crippen molar-refractivity contribution < 1.29 is 0 Å². The first-order valence-corrected chi connectivity index (χ1v) is 6.26. The molecule has 0 fully saturated rings. The molecule has 0 unspecified atom stereocenters. The van der Waals surface area contributed by atoms with Crippen molar-refractivity contribution in [2.75, 3.05) is 5.73 Å². The maximum absolute atomic E-state index is 6.17. The highest BCUT2D eigenvalue weighted by atomic mass is 15.3. The smallest absolute Gasteiger partial charge is 0.171 e. The molecule has 4 aromatic rings. The van der Waals surface area contributed by atoms with Crippen LogP contribution in [0.3, 0.4) is 0 Å². The van der Waals surface area contributed by atoms with Crippen LogP contribution in [-0.2, 0) is 0 Å². The quantitative estimate of drug-likeness (QED) is 0.534. The Balaban J connectivity index is 2.04. The van der Waals surface area contributed by atoms with Gasteiger partial charge in [-0.3, -0.25) is 4.40 Å². The van der Waals surface area contributed by atoms with Gasteiger partial charge in [0.15, 0.2) is 11.5 Å². The lowest BCUT2D eigenvalue weighted by atomic mass is 10.0. The molecule has 4 rings (SSSR count). The molecule has 5 heteroatoms. The fourth-order valence-corrected chi connectivity index (χ4v) is 2.38. The molecule has 0 radical (unpaired) electrons. The number of nitrogen functional groups attached to an aromatic ring is 1. The van der Waals surface area contributed by atoms with Gasteiger partial charge in [0.1, 0.15) is 6.33 Å². The maximum Gasteiger partial charge on any atom is 0.171 e. The molecular weight excluding hydrogens is 250 g/mol. The number of hydrogen-bond donors (Lipinski definition) is 1. The number of benzene rings is 2. The number of fused-ring (bicyclic) bond motifs is 2. The number of aromatic nitrogens is 4. The summed E-state index contributed by atoms with van der Waals surface area (Å²) in [4.78, 5) is 4.11. The van der Waals surface area contributed by atoms with E-state index in [0.717, 1.165) is 22.0 Å². The van der Waals surface area contributed by atoms with Crippen molar-refractivity contribution in [1.29, 1.82) is 0 Å². The van der Waals surface area contributed by atoms with E-state index in [1.165, 1.54) is 0 Å². The van der Waals surface area contributed by atoms with Crippen molar-refractivity contribution in [2.45, 2.75) is 0 Å². The molecule has 0 spiro atoms. The Morgan fingerprint density at radius 1 is 0.950 bits per heavy atom. The Hall–Kier alpha value is -2.95. The van der Waals surface area contributed by atoms with Crippen LogP contribution in [0.4, 0.5) is 5.69 Å². The normalized spacial score (nSPS) is 11.2. The van der Waals surface area contributed by atoms with Gasteiger partial charge in [-0.15, -0.1) is 10.2 Å². The monoisotopic (exact) mass is 261 g/mol. The lowest BCUT2D eigenvalue weighted by Gasteiger charge is -2.06. The summed E-state index contributed by atoms with van der Waals surface area (Å²) in [6.07, 6.45) is 3.39. The molecule has 0 aliphatic carbocycles. The molecule has 2 N–H and O–H groups in total. The van der Waals surface area contributed by atoms with E-state index < -0.39 is 0 Å². The highest BCUT2D eigenvalue weighted by Crippen LogP contribution is 2.29. The van der Waals surface area contributed by atoms with Crippen molar-refractivity contribution in [3.05, 3.63) is 55.0 Å². The van der Waals surface area contributed by atoms with Crippen LogP contribution in [0.15, 0.2) is 55.0 Å². The fraction of sp³-hybridized carbons (Fsp3) is 0. The third kappa shape index (κ3) is 1.53. The largest absolute Gasteiger partial charge is 0.398 e. The second-order valence-corrected chi connectivity index (χ2v) is 4.62. The molecule has 0 aliphatic heterocycles. The van der Waals surface area contributed by atoms with Gasteiger partial charge in [0.25, 0.3) is 0 Å². The van der Waals surface area contributed by atoms with Gasteiger partial charge in [-0.05, 0) is 22.9 Å². The Morgan fingerprint density at radius 2 is 1.75 bits per heavy atom. The van der Waals surface area contributed by atoms with Gasteiger partial charge in [0.05, 0.1) is 0 Å². The molecule has 2 aromatic carbocycles. The standard InChI is InChI=1S/C15H11N5/c16-13-8-11-4-2-1-3-10(11)7-12(13)15-19-18-14-5-6-17-9-20(14)15/h1-9H,16H2. The van der Waals surface area contributed by atoms with Crippen molar-refractivity contribution in [3.8, 4) is 11.4 Å². The average Bonchev–Trinajstić information content (AvgIpc) is 2.90. The summed E-state index contributed by atoms with van der Waals surface area (Å²) in [5.41, 5.74) is 8.47. The zero-order valence-electron chi connectivity index (χ0n) is 10.6. The number of rotatable bonds is 1. The lowest BCUT2D eigenvalue weighted by Crippen LogP contribution is -1.95. The van der Waals surface area contributed by atoms with Crippen LogP contribution in [-0.4, -0.2) is 19.6 Å². The van der Waals surface area contributed by atoms with Crippen LogP contribution in [0.25, 0.3) is 27.8 Å². The van der Waals surface area contributed by atoms with E-state index >= 15 is 0 Å². The Kier molecular flexibility index (Phi) is 2.20. The van der Waals surface area contributed by atoms with E-state index in [0.29, 0.717) is 11.5 Å². The molecular formula is C15H11N5. The molecule has 0 amide bonds. The number of hydrogen-bond acceptors (Lipinski definition) is 4. The van der Waals surface area contributed by atoms with Gasteiger partial charge in [0.2, 0.25) is 0 Å². The fourth-order valence-electron chi connectivity index (χ4n) is 2.38. The molecule has 96 valence electrons. The first-order valence-electron chi connectivity index (χ1n) is 6.26. The summed E-state index contributed by atoms with van der Waals surface area (Å²) >= 11 is 0. The van der Waals surface area contributed by atoms with E-state index in [4.69, 9.17) is 5.73 Å². The molecule has 0 atom stereocenters. The van der Waals surface area contributed by atoms with E-state index in [1.54, 1.807) is 12.5 Å². The summed E-state index contributed by atoms with van der Waals surface area (Å²) in [6.45, 7) is 0. The van der Waals surface area contributed by atoms with E-state index in [9.17, 15) is 0 Å². The zero-order chi connectivity index (χ0) is 13.5. The second kappa shape index (κ2) is 4.03. The summed E-state index contributed by atoms with van der Waals surface area (Å²) in [7, 11) is 0. The first kappa shape index (κ1) is 10.9. The predicted octanol–water partition coefficient (Wildman–Crippen LogP) is 2.53. The Labute approximate surface area is 114 Å². The van der Waals surface area contributed by atoms with Crippen LogP contribution < -0.4 is 5.73 Å². The van der Waals surface area contributed by atoms with E-state index in [-0.39, 0.29) is 0 Å². The van der Waals surface area contributed by atoms with Crippen LogP contribution in [0.2, 0.25) is 0 Å². The van der Waals surface area contributed by atoms with Gasteiger partial charge in [-0.2, -0.15) is 0 Å². The minimum absolute atomic E-state index is 0.682. The summed E-state index contributed by atoms with van der Waals surface area (Å²) in [5.74, 6) is 0.705. The SMILES string of the molecule is Nc1cc2ccccc2cc1-c1nnc2ccncn12. The number of nitrogens with two attached hydrogens (primary N) is 1. The second-order valence-electron chi connectivity index (χ2n) is 4.62. The van der Waals surface area contributed by atoms with Crippen LogP contribution in [0.5, 0.6) is 0 Å². The molecule has 20 heavy (non-hydrogen) atoms. The van der Waals surface area contributed by atoms with E-state index in [2.05, 4.69) is 21.2 Å². The molecule has 2 aromatic heterocycles. The molecule has 0 saturated heterocycles. The average molecular weight is 261 g/mol. The molecule has 5 nitrogen and oxygen atoms in total. The van der Waals surface area contributed by atoms with E-state index in [1.807, 2.05) is 40.8 Å². The van der Waals surface area contributed by atoms with Gasteiger partial charge < -0.3 is 5.73 Å². The van der Waals surface area contributed by atoms with Crippen LogP contribution in [0.1, 0.15) is 0 Å². The highest BCUT2D eigenvalue weighted by Gasteiger charge is 2.11. The Bertz CT molecular complexity index is 926. The zero-order valence-corrected chi connectivity index (χ0v) is 10.6. The number of nitrogens with zero attached hydrogens (tertiary/aromatic N) is 4. The van der Waals surface area contributed by atoms with Crippen molar-refractivity contribution in [3.63, 3.8) is 0 Å². The summed E-state index contributed by atoms with van der Waals surface area (Å²) in [5, 5.41) is 10.6. The summed E-state index contributed by atoms with van der Waals surface area (Å²) in [6, 6.07) is 13.9. The van der Waals surface area contributed by atoms with Gasteiger partial charge in [0, 0.05) is 23.5 Å². The van der Waals surface area contributed by atoms with Crippen molar-refractivity contribution in [1.82, 2.24) is 19.6 Å². The third-order valence-electron chi connectivity index (χ3n) is 3.37. The van der Waals surface area contributed by atoms with Crippen molar-refractivity contribution >= 4 is 22.1 Å². The molecule has 0 saturated carbocycles. The molecule has 0 bridgehead atoms. The minimum Gasteiger partial charge on any atom is -0.398 e. The highest BCUT2D eigenvalue weighted by molar-refractivity contribution is 5.92. The Morgan fingerprint density at radius 3 is 2.60 bits per heavy atom. The molecule has 2 heterocycles. The van der Waals surface area contributed by atoms with Crippen LogP contribution >= 0.6 is 0 Å². The van der Waals surface area contributed by atoms with Gasteiger partial charge in [-0.25, -0.2) is 4.98 Å². The molecule has 0 aliphatic rings. The van der Waals surface area contributed by atoms with Crippen molar-refractivity contribution in [2.24, 2.45) is 0 Å². The minimum atomic E-state index is 0.682. The topological polar surface area (TPSA) is 69.1 Å². The number of anilines is 1. The predicted molar refractivity (Wildman–Crippen MR) is 78.1 cm³/mol.